The molecule has 0 bridgehead atoms. The largest absolute Gasteiger partial charge is 0.348 e. The predicted molar refractivity (Wildman–Crippen MR) is 129 cm³/mol. The van der Waals surface area contributed by atoms with Crippen molar-refractivity contribution in [3.8, 4) is 11.3 Å². The van der Waals surface area contributed by atoms with Crippen LogP contribution in [-0.4, -0.2) is 46.8 Å². The fraction of sp³-hybridized carbons (Fsp3) is 0.192. The van der Waals surface area contributed by atoms with E-state index in [2.05, 4.69) is 20.4 Å². The van der Waals surface area contributed by atoms with E-state index in [1.807, 2.05) is 31.2 Å². The van der Waals surface area contributed by atoms with E-state index >= 15 is 0 Å². The van der Waals surface area contributed by atoms with Gasteiger partial charge in [-0.2, -0.15) is 0 Å². The smallest absolute Gasteiger partial charge is 0.322 e. The van der Waals surface area contributed by atoms with Gasteiger partial charge in [0.2, 0.25) is 0 Å². The van der Waals surface area contributed by atoms with Crippen LogP contribution in [0.1, 0.15) is 6.92 Å². The molecule has 1 aliphatic heterocycles. The van der Waals surface area contributed by atoms with Crippen molar-refractivity contribution < 1.29 is 18.0 Å². The van der Waals surface area contributed by atoms with Crippen LogP contribution in [0.5, 0.6) is 0 Å². The standard InChI is InChI=1S/C26H22F3N5O/c1-16-15-33(26(35)30-23-11-10-19(28)14-22(23)29)12-13-34(16)25-21-5-3-2-4-20(21)24(31-32-25)17-6-8-18(27)9-7-17/h2-11,14,16H,12-13,15H2,1H3,(H,30,35)/t16-/m0/s1. The molecule has 1 atom stereocenters. The Morgan fingerprint density at radius 3 is 2.34 bits per heavy atom. The molecule has 2 heterocycles. The lowest BCUT2D eigenvalue weighted by Gasteiger charge is -2.40. The molecule has 1 N–H and O–H groups in total. The number of carbonyl (C=O) groups is 1. The molecule has 3 aromatic carbocycles. The Kier molecular flexibility index (Phi) is 5.98. The maximum Gasteiger partial charge on any atom is 0.322 e. The van der Waals surface area contributed by atoms with Crippen molar-refractivity contribution in [1.82, 2.24) is 15.1 Å². The van der Waals surface area contributed by atoms with Crippen LogP contribution in [0.25, 0.3) is 22.0 Å². The minimum Gasteiger partial charge on any atom is -0.348 e. The number of hydrogen-bond donors (Lipinski definition) is 1. The van der Waals surface area contributed by atoms with E-state index in [0.717, 1.165) is 28.5 Å². The highest BCUT2D eigenvalue weighted by Gasteiger charge is 2.29. The van der Waals surface area contributed by atoms with Crippen molar-refractivity contribution in [2.24, 2.45) is 0 Å². The number of fused-ring (bicyclic) bond motifs is 1. The minimum absolute atomic E-state index is 0.0697. The van der Waals surface area contributed by atoms with Crippen LogP contribution >= 0.6 is 0 Å². The molecule has 1 fully saturated rings. The van der Waals surface area contributed by atoms with Gasteiger partial charge in [0.05, 0.1) is 5.69 Å². The molecule has 2 amide bonds. The van der Waals surface area contributed by atoms with Gasteiger partial charge in [-0.05, 0) is 43.3 Å². The summed E-state index contributed by atoms with van der Waals surface area (Å²) in [5.74, 6) is -1.15. The molecule has 178 valence electrons. The van der Waals surface area contributed by atoms with Gasteiger partial charge in [0.1, 0.15) is 23.1 Å². The zero-order valence-corrected chi connectivity index (χ0v) is 18.9. The van der Waals surface area contributed by atoms with Gasteiger partial charge in [-0.25, -0.2) is 18.0 Å². The number of carbonyl (C=O) groups excluding carboxylic acids is 1. The topological polar surface area (TPSA) is 61.4 Å². The summed E-state index contributed by atoms with van der Waals surface area (Å²) in [6.07, 6.45) is 0. The number of amides is 2. The van der Waals surface area contributed by atoms with Crippen molar-refractivity contribution >= 4 is 28.3 Å². The number of benzene rings is 3. The number of rotatable bonds is 3. The Hall–Kier alpha value is -4.14. The Balaban J connectivity index is 1.37. The lowest BCUT2D eigenvalue weighted by atomic mass is 10.0. The van der Waals surface area contributed by atoms with Crippen LogP contribution in [0.3, 0.4) is 0 Å². The maximum atomic E-state index is 13.9. The third kappa shape index (κ3) is 4.49. The van der Waals surface area contributed by atoms with Crippen LogP contribution < -0.4 is 10.2 Å². The molecule has 0 radical (unpaired) electrons. The van der Waals surface area contributed by atoms with Gasteiger partial charge in [0, 0.05) is 48.1 Å². The summed E-state index contributed by atoms with van der Waals surface area (Å²) in [7, 11) is 0. The highest BCUT2D eigenvalue weighted by atomic mass is 19.1. The first-order valence-electron chi connectivity index (χ1n) is 11.2. The second-order valence-electron chi connectivity index (χ2n) is 8.47. The van der Waals surface area contributed by atoms with Crippen LogP contribution in [0.15, 0.2) is 66.7 Å². The second kappa shape index (κ2) is 9.25. The molecule has 0 aliphatic carbocycles. The molecule has 9 heteroatoms. The molecule has 0 saturated carbocycles. The van der Waals surface area contributed by atoms with Crippen molar-refractivity contribution in [3.05, 3.63) is 84.2 Å². The maximum absolute atomic E-state index is 13.9. The number of anilines is 2. The molecular weight excluding hydrogens is 455 g/mol. The molecule has 1 saturated heterocycles. The van der Waals surface area contributed by atoms with Gasteiger partial charge < -0.3 is 15.1 Å². The van der Waals surface area contributed by atoms with Crippen molar-refractivity contribution in [3.63, 3.8) is 0 Å². The predicted octanol–water partition coefficient (Wildman–Crippen LogP) is 5.46. The Labute approximate surface area is 200 Å². The zero-order valence-electron chi connectivity index (χ0n) is 18.9. The number of urea groups is 1. The lowest BCUT2D eigenvalue weighted by Crippen LogP contribution is -2.55. The fourth-order valence-electron chi connectivity index (χ4n) is 4.36. The lowest BCUT2D eigenvalue weighted by molar-refractivity contribution is 0.200. The van der Waals surface area contributed by atoms with E-state index in [4.69, 9.17) is 0 Å². The molecule has 1 aliphatic rings. The summed E-state index contributed by atoms with van der Waals surface area (Å²) in [5.41, 5.74) is 1.36. The average molecular weight is 477 g/mol. The third-order valence-electron chi connectivity index (χ3n) is 6.14. The number of nitrogens with one attached hydrogen (secondary N) is 1. The van der Waals surface area contributed by atoms with Crippen LogP contribution in [-0.2, 0) is 0 Å². The molecule has 0 spiro atoms. The highest BCUT2D eigenvalue weighted by Crippen LogP contribution is 2.33. The average Bonchev–Trinajstić information content (AvgIpc) is 2.86. The third-order valence-corrected chi connectivity index (χ3v) is 6.14. The zero-order chi connectivity index (χ0) is 24.5. The van der Waals surface area contributed by atoms with Gasteiger partial charge >= 0.3 is 6.03 Å². The van der Waals surface area contributed by atoms with E-state index in [0.29, 0.717) is 31.1 Å². The van der Waals surface area contributed by atoms with E-state index in [1.54, 1.807) is 17.0 Å². The summed E-state index contributed by atoms with van der Waals surface area (Å²) in [4.78, 5) is 16.4. The molecule has 5 rings (SSSR count). The Morgan fingerprint density at radius 1 is 0.914 bits per heavy atom. The van der Waals surface area contributed by atoms with E-state index in [1.165, 1.54) is 18.2 Å². The summed E-state index contributed by atoms with van der Waals surface area (Å²) in [6.45, 7) is 3.23. The number of nitrogens with zero attached hydrogens (tertiary/aromatic N) is 4. The van der Waals surface area contributed by atoms with Gasteiger partial charge in [-0.1, -0.05) is 24.3 Å². The van der Waals surface area contributed by atoms with Crippen LogP contribution in [0.4, 0.5) is 29.5 Å². The minimum atomic E-state index is -0.826. The van der Waals surface area contributed by atoms with E-state index < -0.39 is 17.7 Å². The fourth-order valence-corrected chi connectivity index (χ4v) is 4.36. The van der Waals surface area contributed by atoms with Gasteiger partial charge in [-0.3, -0.25) is 0 Å². The Bertz CT molecular complexity index is 1400. The Morgan fingerprint density at radius 2 is 1.63 bits per heavy atom. The number of halogens is 3. The second-order valence-corrected chi connectivity index (χ2v) is 8.47. The molecule has 0 unspecified atom stereocenters. The quantitative estimate of drug-likeness (QED) is 0.426. The van der Waals surface area contributed by atoms with Gasteiger partial charge in [0.25, 0.3) is 0 Å². The van der Waals surface area contributed by atoms with Gasteiger partial charge in [0.15, 0.2) is 5.82 Å². The molecule has 4 aromatic rings. The van der Waals surface area contributed by atoms with Crippen molar-refractivity contribution in [1.29, 1.82) is 0 Å². The highest BCUT2D eigenvalue weighted by molar-refractivity contribution is 6.00. The first-order valence-corrected chi connectivity index (χ1v) is 11.2. The number of piperazine rings is 1. The van der Waals surface area contributed by atoms with Crippen molar-refractivity contribution in [2.75, 3.05) is 29.9 Å². The molecular formula is C26H22F3N5O. The van der Waals surface area contributed by atoms with Crippen LogP contribution in [0, 0.1) is 17.5 Å². The molecule has 6 nitrogen and oxygen atoms in total. The summed E-state index contributed by atoms with van der Waals surface area (Å²) in [5, 5.41) is 13.3. The van der Waals surface area contributed by atoms with Crippen molar-refractivity contribution in [2.45, 2.75) is 13.0 Å². The number of hydrogen-bond acceptors (Lipinski definition) is 4. The van der Waals surface area contributed by atoms with Crippen LogP contribution in [0.2, 0.25) is 0 Å². The van der Waals surface area contributed by atoms with E-state index in [9.17, 15) is 18.0 Å². The normalized spacial score (nSPS) is 15.9. The number of aromatic nitrogens is 2. The summed E-state index contributed by atoms with van der Waals surface area (Å²) in [6, 6.07) is 16.4. The first kappa shape index (κ1) is 22.6. The van der Waals surface area contributed by atoms with E-state index in [-0.39, 0.29) is 17.5 Å². The molecule has 1 aromatic heterocycles. The monoisotopic (exact) mass is 477 g/mol. The summed E-state index contributed by atoms with van der Waals surface area (Å²) >= 11 is 0. The summed E-state index contributed by atoms with van der Waals surface area (Å²) < 4.78 is 40.5. The molecule has 35 heavy (non-hydrogen) atoms. The SMILES string of the molecule is C[C@H]1CN(C(=O)Nc2ccc(F)cc2F)CCN1c1nnc(-c2ccc(F)cc2)c2ccccc12. The van der Waals surface area contributed by atoms with Gasteiger partial charge in [-0.15, -0.1) is 10.2 Å². The first-order chi connectivity index (χ1) is 16.9.